The van der Waals surface area contributed by atoms with Gasteiger partial charge in [-0.2, -0.15) is 0 Å². The van der Waals surface area contributed by atoms with Gasteiger partial charge in [0, 0.05) is 6.54 Å². The van der Waals surface area contributed by atoms with Gasteiger partial charge in [-0.25, -0.2) is 9.69 Å². The molecule has 2 aliphatic rings. The molecule has 0 N–H and O–H groups in total. The number of imide groups is 1. The van der Waals surface area contributed by atoms with E-state index in [2.05, 4.69) is 0 Å². The predicted octanol–water partition coefficient (Wildman–Crippen LogP) is 2.32. The van der Waals surface area contributed by atoms with Gasteiger partial charge in [-0.05, 0) is 33.6 Å². The fraction of sp³-hybridized carbons (Fsp3) is 0.833. The molecule has 0 aromatic carbocycles. The summed E-state index contributed by atoms with van der Waals surface area (Å²) in [6.07, 6.45) is 3.59. The van der Waals surface area contributed by atoms with Crippen molar-refractivity contribution >= 4 is 12.0 Å². The third-order valence-electron chi connectivity index (χ3n) is 3.33. The zero-order chi connectivity index (χ0) is 12.0. The van der Waals surface area contributed by atoms with Crippen molar-refractivity contribution in [3.8, 4) is 0 Å². The van der Waals surface area contributed by atoms with E-state index in [1.165, 1.54) is 4.90 Å². The molecule has 1 aliphatic heterocycles. The Morgan fingerprint density at radius 3 is 2.31 bits per heavy atom. The second-order valence-electron chi connectivity index (χ2n) is 5.86. The summed E-state index contributed by atoms with van der Waals surface area (Å²) in [6, 6.07) is 0. The van der Waals surface area contributed by atoms with Gasteiger partial charge in [0.2, 0.25) is 5.91 Å². The van der Waals surface area contributed by atoms with Crippen molar-refractivity contribution < 1.29 is 14.3 Å². The Balaban J connectivity index is 1.95. The zero-order valence-corrected chi connectivity index (χ0v) is 10.2. The van der Waals surface area contributed by atoms with E-state index in [4.69, 9.17) is 4.74 Å². The van der Waals surface area contributed by atoms with Crippen molar-refractivity contribution in [3.05, 3.63) is 0 Å². The molecule has 2 rings (SSSR count). The van der Waals surface area contributed by atoms with Gasteiger partial charge in [-0.1, -0.05) is 12.8 Å². The first-order chi connectivity index (χ1) is 7.34. The van der Waals surface area contributed by atoms with Crippen LogP contribution in [0.25, 0.3) is 0 Å². The van der Waals surface area contributed by atoms with E-state index < -0.39 is 11.7 Å². The smallest absolute Gasteiger partial charge is 0.417 e. The molecule has 1 spiro atoms. The Kier molecular flexibility index (Phi) is 2.48. The lowest BCUT2D eigenvalue weighted by atomic mass is 9.77. The first-order valence-electron chi connectivity index (χ1n) is 5.89. The van der Waals surface area contributed by atoms with Gasteiger partial charge in [0.1, 0.15) is 5.60 Å². The van der Waals surface area contributed by atoms with Crippen LogP contribution < -0.4 is 0 Å². The summed E-state index contributed by atoms with van der Waals surface area (Å²) >= 11 is 0. The lowest BCUT2D eigenvalue weighted by molar-refractivity contribution is -0.157. The quantitative estimate of drug-likeness (QED) is 0.594. The van der Waals surface area contributed by atoms with Crippen LogP contribution in [0.5, 0.6) is 0 Å². The third-order valence-corrected chi connectivity index (χ3v) is 3.33. The summed E-state index contributed by atoms with van der Waals surface area (Å²) in [6.45, 7) is 5.97. The fourth-order valence-corrected chi connectivity index (χ4v) is 2.53. The molecule has 2 fully saturated rings. The first-order valence-corrected chi connectivity index (χ1v) is 5.89. The van der Waals surface area contributed by atoms with Crippen LogP contribution in [0.3, 0.4) is 0 Å². The standard InChI is InChI=1S/C12H19NO3/c1-11(2,3)16-10(15)13-8-12(9(13)14)6-4-5-7-12/h4-8H2,1-3H3. The van der Waals surface area contributed by atoms with E-state index >= 15 is 0 Å². The predicted molar refractivity (Wildman–Crippen MR) is 58.8 cm³/mol. The number of β-lactam (4-membered cyclic amide) rings is 1. The van der Waals surface area contributed by atoms with E-state index in [0.29, 0.717) is 6.54 Å². The first kappa shape index (κ1) is 11.4. The molecule has 1 saturated heterocycles. The molecule has 90 valence electrons. The number of nitrogens with zero attached hydrogens (tertiary/aromatic N) is 1. The molecule has 0 bridgehead atoms. The molecule has 0 aromatic rings. The highest BCUT2D eigenvalue weighted by Gasteiger charge is 2.56. The molecule has 4 nitrogen and oxygen atoms in total. The molecule has 0 atom stereocenters. The van der Waals surface area contributed by atoms with Crippen molar-refractivity contribution in [2.24, 2.45) is 5.41 Å². The van der Waals surface area contributed by atoms with Gasteiger partial charge in [-0.3, -0.25) is 4.79 Å². The van der Waals surface area contributed by atoms with Crippen molar-refractivity contribution in [2.75, 3.05) is 6.54 Å². The van der Waals surface area contributed by atoms with Gasteiger partial charge < -0.3 is 4.74 Å². The Hall–Kier alpha value is -1.06. The molecule has 0 aromatic heterocycles. The highest BCUT2D eigenvalue weighted by atomic mass is 16.6. The molecule has 1 heterocycles. The van der Waals surface area contributed by atoms with Crippen LogP contribution in [-0.4, -0.2) is 29.0 Å². The lowest BCUT2D eigenvalue weighted by Gasteiger charge is -2.45. The Morgan fingerprint density at radius 1 is 1.31 bits per heavy atom. The average Bonchev–Trinajstić information content (AvgIpc) is 2.61. The highest BCUT2D eigenvalue weighted by molar-refractivity contribution is 6.01. The molecule has 1 saturated carbocycles. The van der Waals surface area contributed by atoms with Crippen LogP contribution in [0.1, 0.15) is 46.5 Å². The molecular formula is C12H19NO3. The monoisotopic (exact) mass is 225 g/mol. The maximum atomic E-state index is 11.9. The van der Waals surface area contributed by atoms with E-state index in [1.807, 2.05) is 0 Å². The van der Waals surface area contributed by atoms with E-state index in [-0.39, 0.29) is 11.3 Å². The van der Waals surface area contributed by atoms with Crippen LogP contribution in [0.15, 0.2) is 0 Å². The number of hydrogen-bond donors (Lipinski definition) is 0. The molecule has 1 aliphatic carbocycles. The van der Waals surface area contributed by atoms with Crippen LogP contribution >= 0.6 is 0 Å². The second kappa shape index (κ2) is 3.47. The van der Waals surface area contributed by atoms with Gasteiger partial charge in [0.25, 0.3) is 0 Å². The average molecular weight is 225 g/mol. The number of ether oxygens (including phenoxy) is 1. The third kappa shape index (κ3) is 1.81. The lowest BCUT2D eigenvalue weighted by Crippen LogP contribution is -2.62. The molecule has 16 heavy (non-hydrogen) atoms. The van der Waals surface area contributed by atoms with Crippen LogP contribution in [-0.2, 0) is 9.53 Å². The van der Waals surface area contributed by atoms with Crippen molar-refractivity contribution in [2.45, 2.75) is 52.1 Å². The van der Waals surface area contributed by atoms with Crippen molar-refractivity contribution in [1.82, 2.24) is 4.90 Å². The summed E-state index contributed by atoms with van der Waals surface area (Å²) in [5.74, 6) is -0.0285. The topological polar surface area (TPSA) is 46.6 Å². The maximum Gasteiger partial charge on any atom is 0.417 e. The summed E-state index contributed by atoms with van der Waals surface area (Å²) in [7, 11) is 0. The van der Waals surface area contributed by atoms with E-state index in [1.54, 1.807) is 20.8 Å². The fourth-order valence-electron chi connectivity index (χ4n) is 2.53. The minimum absolute atomic E-state index is 0.0285. The van der Waals surface area contributed by atoms with Gasteiger partial charge in [0.15, 0.2) is 0 Å². The van der Waals surface area contributed by atoms with Crippen molar-refractivity contribution in [1.29, 1.82) is 0 Å². The number of carbonyl (C=O) groups is 2. The van der Waals surface area contributed by atoms with Gasteiger partial charge >= 0.3 is 6.09 Å². The summed E-state index contributed by atoms with van der Waals surface area (Å²) in [5, 5.41) is 0. The Morgan fingerprint density at radius 2 is 1.88 bits per heavy atom. The molecule has 0 unspecified atom stereocenters. The largest absolute Gasteiger partial charge is 0.443 e. The van der Waals surface area contributed by atoms with Gasteiger partial charge in [-0.15, -0.1) is 0 Å². The molecule has 0 radical (unpaired) electrons. The number of rotatable bonds is 0. The Bertz CT molecular complexity index is 324. The van der Waals surface area contributed by atoms with E-state index in [0.717, 1.165) is 25.7 Å². The van der Waals surface area contributed by atoms with Crippen LogP contribution in [0.4, 0.5) is 4.79 Å². The minimum atomic E-state index is -0.532. The normalized spacial score (nSPS) is 23.4. The molecular weight excluding hydrogens is 206 g/mol. The zero-order valence-electron chi connectivity index (χ0n) is 10.2. The summed E-state index contributed by atoms with van der Waals surface area (Å²) < 4.78 is 5.18. The van der Waals surface area contributed by atoms with Gasteiger partial charge in [0.05, 0.1) is 5.41 Å². The minimum Gasteiger partial charge on any atom is -0.443 e. The Labute approximate surface area is 95.9 Å². The van der Waals surface area contributed by atoms with Crippen molar-refractivity contribution in [3.63, 3.8) is 0 Å². The SMILES string of the molecule is CC(C)(C)OC(=O)N1CC2(CCCC2)C1=O. The summed E-state index contributed by atoms with van der Waals surface area (Å²) in [4.78, 5) is 24.9. The summed E-state index contributed by atoms with van der Waals surface area (Å²) in [5.41, 5.74) is -0.743. The number of hydrogen-bond acceptors (Lipinski definition) is 3. The number of carbonyl (C=O) groups excluding carboxylic acids is 2. The van der Waals surface area contributed by atoms with Crippen LogP contribution in [0, 0.1) is 5.41 Å². The van der Waals surface area contributed by atoms with Crippen LogP contribution in [0.2, 0.25) is 0 Å². The number of amides is 2. The second-order valence-corrected chi connectivity index (χ2v) is 5.86. The number of likely N-dealkylation sites (tertiary alicyclic amines) is 1. The molecule has 4 heteroatoms. The van der Waals surface area contributed by atoms with E-state index in [9.17, 15) is 9.59 Å². The highest BCUT2D eigenvalue weighted by Crippen LogP contribution is 2.46. The molecule has 2 amide bonds. The maximum absolute atomic E-state index is 11.9.